The molecule has 0 radical (unpaired) electrons. The molecule has 1 aliphatic heterocycles. The molecule has 5 heterocycles. The van der Waals surface area contributed by atoms with Crippen LogP contribution in [0.2, 0.25) is 5.02 Å². The van der Waals surface area contributed by atoms with Gasteiger partial charge in [-0.2, -0.15) is 5.26 Å². The van der Waals surface area contributed by atoms with Crippen LogP contribution in [0.4, 0.5) is 11.5 Å². The summed E-state index contributed by atoms with van der Waals surface area (Å²) in [6.45, 7) is 4.33. The molecule has 4 N–H and O–H groups in total. The van der Waals surface area contributed by atoms with Crippen molar-refractivity contribution in [1.82, 2.24) is 19.4 Å². The van der Waals surface area contributed by atoms with Crippen LogP contribution in [0, 0.1) is 23.7 Å². The first-order chi connectivity index (χ1) is 22.8. The third kappa shape index (κ3) is 5.75. The van der Waals surface area contributed by atoms with Gasteiger partial charge in [-0.05, 0) is 54.3 Å². The summed E-state index contributed by atoms with van der Waals surface area (Å²) in [6, 6.07) is 19.6. The van der Waals surface area contributed by atoms with Crippen molar-refractivity contribution in [2.45, 2.75) is 32.5 Å². The zero-order valence-electron chi connectivity index (χ0n) is 25.7. The highest BCUT2D eigenvalue weighted by Crippen LogP contribution is 2.40. The number of aliphatic hydroxyl groups is 2. The Morgan fingerprint density at radius 1 is 1.13 bits per heavy atom. The van der Waals surface area contributed by atoms with Crippen LogP contribution in [0.5, 0.6) is 0 Å². The van der Waals surface area contributed by atoms with Crippen molar-refractivity contribution < 1.29 is 14.6 Å². The molecule has 0 spiro atoms. The third-order valence-electron chi connectivity index (χ3n) is 8.72. The van der Waals surface area contributed by atoms with E-state index in [-0.39, 0.29) is 24.7 Å². The van der Waals surface area contributed by atoms with Gasteiger partial charge in [0.05, 0.1) is 28.8 Å². The van der Waals surface area contributed by atoms with Crippen molar-refractivity contribution in [2.75, 3.05) is 25.0 Å². The highest BCUT2D eigenvalue weighted by Gasteiger charge is 2.21. The number of pyridine rings is 3. The standard InChI is InChI=1S/C36H32ClN7O3/c1-21-26(4-2-5-27(21)31-15-29-34(47-31)24(16-38)19-44(12-13-45)35(29)39)28-6-3-7-30(32(28)37)42-36-33-23(8-10-40-36)14-22(17-41-33)18-43-11-9-25(46)20-43/h2-8,10,14-15,17,19,25,39,45-46H,9,11-13,18,20H2,1H3,(H,40,42)/t25-/m1/s1. The smallest absolute Gasteiger partial charge is 0.157 e. The lowest BCUT2D eigenvalue weighted by Crippen LogP contribution is -2.21. The normalized spacial score (nSPS) is 15.0. The molecule has 6 aromatic rings. The van der Waals surface area contributed by atoms with Crippen LogP contribution in [-0.4, -0.2) is 55.4 Å². The predicted octanol–water partition coefficient (Wildman–Crippen LogP) is 6.13. The van der Waals surface area contributed by atoms with E-state index in [9.17, 15) is 15.5 Å². The monoisotopic (exact) mass is 645 g/mol. The molecule has 1 aliphatic rings. The van der Waals surface area contributed by atoms with Crippen LogP contribution in [0.1, 0.15) is 23.1 Å². The number of halogens is 1. The van der Waals surface area contributed by atoms with Gasteiger partial charge >= 0.3 is 0 Å². The zero-order chi connectivity index (χ0) is 32.7. The molecule has 1 fully saturated rings. The number of hydrogen-bond donors (Lipinski definition) is 4. The number of β-amino-alcohol motifs (C(OH)–C–C–N with tert-alkyl or cyclic N) is 1. The van der Waals surface area contributed by atoms with Gasteiger partial charge in [-0.3, -0.25) is 15.3 Å². The van der Waals surface area contributed by atoms with Crippen LogP contribution in [-0.2, 0) is 13.1 Å². The fraction of sp³-hybridized carbons (Fsp3) is 0.222. The van der Waals surface area contributed by atoms with Crippen molar-refractivity contribution in [2.24, 2.45) is 0 Å². The van der Waals surface area contributed by atoms with Gasteiger partial charge in [0.1, 0.15) is 28.4 Å². The second kappa shape index (κ2) is 12.6. The van der Waals surface area contributed by atoms with E-state index >= 15 is 0 Å². The van der Waals surface area contributed by atoms with Crippen LogP contribution >= 0.6 is 11.6 Å². The van der Waals surface area contributed by atoms with Crippen molar-refractivity contribution in [3.05, 3.63) is 100 Å². The predicted molar refractivity (Wildman–Crippen MR) is 181 cm³/mol. The average Bonchev–Trinajstić information content (AvgIpc) is 3.70. The topological polar surface area (TPSA) is 147 Å². The number of anilines is 2. The molecule has 1 saturated heterocycles. The molecule has 2 aromatic carbocycles. The SMILES string of the molecule is Cc1c(-c2cc3c(=N)n(CCO)cc(C#N)c3o2)cccc1-c1cccc(Nc2nccc3cc(CN4CC[C@@H](O)C4)cnc23)c1Cl. The Bertz CT molecular complexity index is 2250. The minimum absolute atomic E-state index is 0.146. The maximum Gasteiger partial charge on any atom is 0.157 e. The van der Waals surface area contributed by atoms with Crippen LogP contribution < -0.4 is 10.8 Å². The molecular weight excluding hydrogens is 614 g/mol. The number of aromatic nitrogens is 3. The number of fused-ring (bicyclic) bond motifs is 2. The first-order valence-electron chi connectivity index (χ1n) is 15.4. The zero-order valence-corrected chi connectivity index (χ0v) is 26.4. The number of nitrogens with one attached hydrogen (secondary N) is 2. The maximum atomic E-state index is 9.89. The molecule has 0 unspecified atom stereocenters. The molecule has 1 atom stereocenters. The molecule has 236 valence electrons. The summed E-state index contributed by atoms with van der Waals surface area (Å²) in [5, 5.41) is 43.1. The Hall–Kier alpha value is -5.05. The van der Waals surface area contributed by atoms with E-state index in [1.807, 2.05) is 55.6 Å². The Kier molecular flexibility index (Phi) is 8.22. The lowest BCUT2D eigenvalue weighted by molar-refractivity contribution is 0.175. The van der Waals surface area contributed by atoms with Crippen molar-refractivity contribution in [3.8, 4) is 28.5 Å². The average molecular weight is 646 g/mol. The molecule has 0 aliphatic carbocycles. The van der Waals surface area contributed by atoms with E-state index in [1.54, 1.807) is 16.8 Å². The molecule has 7 rings (SSSR count). The van der Waals surface area contributed by atoms with Gasteiger partial charge in [-0.15, -0.1) is 0 Å². The van der Waals surface area contributed by atoms with E-state index in [0.717, 1.165) is 58.2 Å². The molecule has 0 saturated carbocycles. The summed E-state index contributed by atoms with van der Waals surface area (Å²) in [4.78, 5) is 11.6. The van der Waals surface area contributed by atoms with E-state index in [1.165, 1.54) is 6.20 Å². The van der Waals surface area contributed by atoms with Gasteiger partial charge in [0.2, 0.25) is 0 Å². The van der Waals surface area contributed by atoms with Gasteiger partial charge in [0.15, 0.2) is 11.4 Å². The highest BCUT2D eigenvalue weighted by atomic mass is 35.5. The molecule has 0 amide bonds. The van der Waals surface area contributed by atoms with Crippen LogP contribution in [0.3, 0.4) is 0 Å². The number of rotatable bonds is 8. The Balaban J connectivity index is 1.22. The second-order valence-corrected chi connectivity index (χ2v) is 12.2. The first-order valence-corrected chi connectivity index (χ1v) is 15.7. The number of likely N-dealkylation sites (tertiary alicyclic amines) is 1. The number of aliphatic hydroxyl groups excluding tert-OH is 2. The Morgan fingerprint density at radius 2 is 1.94 bits per heavy atom. The van der Waals surface area contributed by atoms with Gasteiger partial charge in [0.25, 0.3) is 0 Å². The number of nitrogens with zero attached hydrogens (tertiary/aromatic N) is 5. The summed E-state index contributed by atoms with van der Waals surface area (Å²) in [7, 11) is 0. The fourth-order valence-corrected chi connectivity index (χ4v) is 6.63. The Morgan fingerprint density at radius 3 is 2.72 bits per heavy atom. The highest BCUT2D eigenvalue weighted by molar-refractivity contribution is 6.36. The maximum absolute atomic E-state index is 9.89. The summed E-state index contributed by atoms with van der Waals surface area (Å²) in [5.74, 6) is 1.12. The summed E-state index contributed by atoms with van der Waals surface area (Å²) in [6.07, 6.45) is 5.68. The van der Waals surface area contributed by atoms with E-state index in [0.29, 0.717) is 45.4 Å². The minimum atomic E-state index is -0.263. The molecule has 0 bridgehead atoms. The van der Waals surface area contributed by atoms with Crippen molar-refractivity contribution in [1.29, 1.82) is 10.7 Å². The largest absolute Gasteiger partial charge is 0.454 e. The van der Waals surface area contributed by atoms with Crippen LogP contribution in [0.25, 0.3) is 44.3 Å². The Labute approximate surface area is 275 Å². The molecule has 11 heteroatoms. The molecule has 10 nitrogen and oxygen atoms in total. The number of hydrogen-bond acceptors (Lipinski definition) is 9. The van der Waals surface area contributed by atoms with Crippen LogP contribution in [0.15, 0.2) is 77.6 Å². The second-order valence-electron chi connectivity index (χ2n) is 11.8. The van der Waals surface area contributed by atoms with Gasteiger partial charge in [-0.1, -0.05) is 41.9 Å². The number of nitriles is 1. The van der Waals surface area contributed by atoms with Crippen molar-refractivity contribution >= 4 is 45.0 Å². The van der Waals surface area contributed by atoms with Gasteiger partial charge in [-0.25, -0.2) is 4.98 Å². The fourth-order valence-electron chi connectivity index (χ4n) is 6.35. The number of benzene rings is 2. The quantitative estimate of drug-likeness (QED) is 0.155. The molecular formula is C36H32ClN7O3. The van der Waals surface area contributed by atoms with E-state index in [2.05, 4.69) is 27.3 Å². The van der Waals surface area contributed by atoms with Gasteiger partial charge < -0.3 is 24.5 Å². The van der Waals surface area contributed by atoms with Gasteiger partial charge in [0, 0.05) is 61.3 Å². The van der Waals surface area contributed by atoms with E-state index in [4.69, 9.17) is 26.4 Å². The molecule has 47 heavy (non-hydrogen) atoms. The third-order valence-corrected chi connectivity index (χ3v) is 9.12. The van der Waals surface area contributed by atoms with E-state index < -0.39 is 0 Å². The summed E-state index contributed by atoms with van der Waals surface area (Å²) >= 11 is 7.07. The minimum Gasteiger partial charge on any atom is -0.454 e. The lowest BCUT2D eigenvalue weighted by atomic mass is 9.95. The number of furan rings is 1. The van der Waals surface area contributed by atoms with Crippen molar-refractivity contribution in [3.63, 3.8) is 0 Å². The molecule has 4 aromatic heterocycles. The lowest BCUT2D eigenvalue weighted by Gasteiger charge is -2.16. The summed E-state index contributed by atoms with van der Waals surface area (Å²) < 4.78 is 7.74. The summed E-state index contributed by atoms with van der Waals surface area (Å²) in [5.41, 5.74) is 6.74. The first kappa shape index (κ1) is 30.6.